The molecule has 0 spiro atoms. The third kappa shape index (κ3) is 6.12. The van der Waals surface area contributed by atoms with Crippen molar-refractivity contribution in [3.8, 4) is 16.9 Å². The first kappa shape index (κ1) is 24.3. The van der Waals surface area contributed by atoms with Crippen molar-refractivity contribution < 1.29 is 27.1 Å². The van der Waals surface area contributed by atoms with Crippen LogP contribution in [0.2, 0.25) is 0 Å². The minimum absolute atomic E-state index is 0.123. The molecule has 0 saturated carbocycles. The average Bonchev–Trinajstić information content (AvgIpc) is 2.78. The molecule has 0 radical (unpaired) electrons. The van der Waals surface area contributed by atoms with Gasteiger partial charge in [-0.1, -0.05) is 38.5 Å². The number of allylic oxidation sites excluding steroid dienone is 1. The van der Waals surface area contributed by atoms with Crippen LogP contribution in [0.5, 0.6) is 5.75 Å². The molecular weight excluding hydrogens is 433 g/mol. The fraction of sp³-hybridized carbons (Fsp3) is 0.308. The fourth-order valence-corrected chi connectivity index (χ4v) is 3.54. The number of alkyl halides is 3. The Hall–Kier alpha value is -3.35. The summed E-state index contributed by atoms with van der Waals surface area (Å²) < 4.78 is 52.3. The number of aryl methyl sites for hydroxylation is 1. The second kappa shape index (κ2) is 10.5. The molecule has 174 valence electrons. The van der Waals surface area contributed by atoms with Crippen molar-refractivity contribution in [1.82, 2.24) is 0 Å². The van der Waals surface area contributed by atoms with Gasteiger partial charge in [0.2, 0.25) is 0 Å². The van der Waals surface area contributed by atoms with Gasteiger partial charge in [0.05, 0.1) is 17.7 Å². The minimum atomic E-state index is -4.61. The van der Waals surface area contributed by atoms with E-state index in [0.717, 1.165) is 25.3 Å². The SMILES string of the molecule is C=CC(=O)CCOc1ccc2cc(-c3ccc(CCCCC)cc3C(F)(F)F)c(=O)oc2c1. The van der Waals surface area contributed by atoms with Crippen LogP contribution < -0.4 is 10.4 Å². The van der Waals surface area contributed by atoms with E-state index in [0.29, 0.717) is 23.1 Å². The summed E-state index contributed by atoms with van der Waals surface area (Å²) in [6.45, 7) is 5.54. The van der Waals surface area contributed by atoms with Crippen LogP contribution >= 0.6 is 0 Å². The summed E-state index contributed by atoms with van der Waals surface area (Å²) in [6.07, 6.45) is 0.00616. The quantitative estimate of drug-likeness (QED) is 0.192. The Labute approximate surface area is 189 Å². The van der Waals surface area contributed by atoms with Crippen LogP contribution in [0.25, 0.3) is 22.1 Å². The molecule has 4 nitrogen and oxygen atoms in total. The largest absolute Gasteiger partial charge is 0.493 e. The van der Waals surface area contributed by atoms with Crippen LogP contribution in [0, 0.1) is 0 Å². The van der Waals surface area contributed by atoms with E-state index in [1.54, 1.807) is 18.2 Å². The van der Waals surface area contributed by atoms with Gasteiger partial charge in [0, 0.05) is 23.4 Å². The molecule has 7 heteroatoms. The lowest BCUT2D eigenvalue weighted by Crippen LogP contribution is -2.12. The van der Waals surface area contributed by atoms with Gasteiger partial charge in [0.25, 0.3) is 0 Å². The number of halogens is 3. The van der Waals surface area contributed by atoms with Crippen molar-refractivity contribution in [2.24, 2.45) is 0 Å². The summed E-state index contributed by atoms with van der Waals surface area (Å²) in [4.78, 5) is 23.9. The van der Waals surface area contributed by atoms with E-state index in [9.17, 15) is 22.8 Å². The Morgan fingerprint density at radius 3 is 2.58 bits per heavy atom. The van der Waals surface area contributed by atoms with Gasteiger partial charge < -0.3 is 9.15 Å². The molecule has 0 aliphatic rings. The normalized spacial score (nSPS) is 11.5. The van der Waals surface area contributed by atoms with Gasteiger partial charge in [0.15, 0.2) is 5.78 Å². The summed E-state index contributed by atoms with van der Waals surface area (Å²) in [5.41, 5.74) is -1.32. The molecule has 3 aromatic rings. The van der Waals surface area contributed by atoms with Crippen LogP contribution in [0.3, 0.4) is 0 Å². The first-order chi connectivity index (χ1) is 15.7. The molecule has 0 aliphatic carbocycles. The number of carbonyl (C=O) groups is 1. The second-order valence-corrected chi connectivity index (χ2v) is 7.75. The number of unbranched alkanes of at least 4 members (excludes halogenated alkanes) is 2. The van der Waals surface area contributed by atoms with Crippen molar-refractivity contribution >= 4 is 16.8 Å². The molecule has 0 unspecified atom stereocenters. The zero-order valence-corrected chi connectivity index (χ0v) is 18.3. The standard InChI is InChI=1S/C26H25F3O4/c1-3-5-6-7-17-8-11-21(23(14-17)26(27,28)29)22-15-18-9-10-20(16-24(18)33-25(22)31)32-13-12-19(30)4-2/h4,8-11,14-16H,2-3,5-7,12-13H2,1H3. The van der Waals surface area contributed by atoms with Gasteiger partial charge in [0.1, 0.15) is 11.3 Å². The molecule has 0 saturated heterocycles. The Morgan fingerprint density at radius 2 is 1.88 bits per heavy atom. The van der Waals surface area contributed by atoms with Crippen LogP contribution in [-0.2, 0) is 17.4 Å². The van der Waals surface area contributed by atoms with E-state index in [1.807, 2.05) is 6.92 Å². The monoisotopic (exact) mass is 458 g/mol. The van der Waals surface area contributed by atoms with Gasteiger partial charge in [-0.25, -0.2) is 4.79 Å². The maximum Gasteiger partial charge on any atom is 0.417 e. The van der Waals surface area contributed by atoms with E-state index < -0.39 is 17.4 Å². The van der Waals surface area contributed by atoms with E-state index in [1.165, 1.54) is 24.3 Å². The maximum atomic E-state index is 13.8. The van der Waals surface area contributed by atoms with Gasteiger partial charge in [-0.2, -0.15) is 13.2 Å². The molecule has 0 fully saturated rings. The van der Waals surface area contributed by atoms with E-state index in [2.05, 4.69) is 6.58 Å². The summed E-state index contributed by atoms with van der Waals surface area (Å²) >= 11 is 0. The molecule has 1 heterocycles. The Balaban J connectivity index is 1.95. The number of ketones is 1. The predicted octanol–water partition coefficient (Wildman–Crippen LogP) is 6.74. The zero-order chi connectivity index (χ0) is 24.0. The smallest absolute Gasteiger partial charge is 0.417 e. The topological polar surface area (TPSA) is 56.5 Å². The third-order valence-corrected chi connectivity index (χ3v) is 5.30. The molecule has 3 rings (SSSR count). The van der Waals surface area contributed by atoms with Crippen molar-refractivity contribution in [3.63, 3.8) is 0 Å². The van der Waals surface area contributed by atoms with Crippen molar-refractivity contribution in [2.45, 2.75) is 45.2 Å². The Kier molecular flexibility index (Phi) is 7.74. The number of rotatable bonds is 10. The number of hydrogen-bond acceptors (Lipinski definition) is 4. The lowest BCUT2D eigenvalue weighted by molar-refractivity contribution is -0.137. The van der Waals surface area contributed by atoms with Gasteiger partial charge >= 0.3 is 11.8 Å². The highest BCUT2D eigenvalue weighted by molar-refractivity contribution is 5.89. The van der Waals surface area contributed by atoms with Gasteiger partial charge in [-0.3, -0.25) is 4.79 Å². The predicted molar refractivity (Wildman–Crippen MR) is 121 cm³/mol. The lowest BCUT2D eigenvalue weighted by atomic mass is 9.95. The van der Waals surface area contributed by atoms with Crippen molar-refractivity contribution in [2.75, 3.05) is 6.61 Å². The van der Waals surface area contributed by atoms with Gasteiger partial charge in [-0.05, 0) is 48.7 Å². The van der Waals surface area contributed by atoms with Crippen LogP contribution in [-0.4, -0.2) is 12.4 Å². The zero-order valence-electron chi connectivity index (χ0n) is 18.3. The molecule has 33 heavy (non-hydrogen) atoms. The fourth-order valence-electron chi connectivity index (χ4n) is 3.54. The van der Waals surface area contributed by atoms with E-state index in [4.69, 9.17) is 9.15 Å². The number of hydrogen-bond donors (Lipinski definition) is 0. The maximum absolute atomic E-state index is 13.8. The molecule has 2 aromatic carbocycles. The summed E-state index contributed by atoms with van der Waals surface area (Å²) in [5, 5.41) is 0.458. The molecule has 1 aromatic heterocycles. The second-order valence-electron chi connectivity index (χ2n) is 7.75. The van der Waals surface area contributed by atoms with E-state index >= 15 is 0 Å². The van der Waals surface area contributed by atoms with Crippen molar-refractivity contribution in [1.29, 1.82) is 0 Å². The van der Waals surface area contributed by atoms with Crippen LogP contribution in [0.4, 0.5) is 13.2 Å². The number of carbonyl (C=O) groups excluding carboxylic acids is 1. The first-order valence-electron chi connectivity index (χ1n) is 10.8. The molecular formula is C26H25F3O4. The minimum Gasteiger partial charge on any atom is -0.493 e. The number of ether oxygens (including phenoxy) is 1. The van der Waals surface area contributed by atoms with E-state index in [-0.39, 0.29) is 35.5 Å². The number of benzene rings is 2. The molecule has 0 N–H and O–H groups in total. The Morgan fingerprint density at radius 1 is 1.09 bits per heavy atom. The Bertz CT molecular complexity index is 1210. The molecule has 0 aliphatic heterocycles. The van der Waals surface area contributed by atoms with Crippen molar-refractivity contribution in [3.05, 3.63) is 76.7 Å². The lowest BCUT2D eigenvalue weighted by Gasteiger charge is -2.15. The highest BCUT2D eigenvalue weighted by atomic mass is 19.4. The highest BCUT2D eigenvalue weighted by Gasteiger charge is 2.34. The molecule has 0 atom stereocenters. The summed E-state index contributed by atoms with van der Waals surface area (Å²) in [5.74, 6) is 0.214. The summed E-state index contributed by atoms with van der Waals surface area (Å²) in [6, 6.07) is 10.2. The molecule has 0 bridgehead atoms. The third-order valence-electron chi connectivity index (χ3n) is 5.30. The van der Waals surface area contributed by atoms with Gasteiger partial charge in [-0.15, -0.1) is 0 Å². The first-order valence-corrected chi connectivity index (χ1v) is 10.8. The average molecular weight is 458 g/mol. The number of fused-ring (bicyclic) bond motifs is 1. The highest BCUT2D eigenvalue weighted by Crippen LogP contribution is 2.38. The van der Waals surface area contributed by atoms with Crippen LogP contribution in [0.15, 0.2) is 64.3 Å². The molecule has 0 amide bonds. The van der Waals surface area contributed by atoms with Crippen LogP contribution in [0.1, 0.15) is 43.7 Å². The summed E-state index contributed by atoms with van der Waals surface area (Å²) in [7, 11) is 0.